The molecule has 3 fully saturated rings. The number of nitrogens with zero attached hydrogens (tertiary/aromatic N) is 1. The van der Waals surface area contributed by atoms with Crippen LogP contribution in [0.3, 0.4) is 0 Å². The smallest absolute Gasteiger partial charge is 0.327 e. The van der Waals surface area contributed by atoms with E-state index in [1.807, 2.05) is 41.3 Å². The van der Waals surface area contributed by atoms with E-state index in [1.165, 1.54) is 31.0 Å². The molecule has 3 aromatic rings. The molecule has 0 radical (unpaired) electrons. The van der Waals surface area contributed by atoms with Crippen molar-refractivity contribution in [3.63, 3.8) is 0 Å². The van der Waals surface area contributed by atoms with Crippen LogP contribution in [0.5, 0.6) is 11.5 Å². The molecule has 3 aliphatic rings. The molecule has 0 spiro atoms. The number of methoxy groups -OCH3 is 2. The zero-order chi connectivity index (χ0) is 30.8. The van der Waals surface area contributed by atoms with Gasteiger partial charge < -0.3 is 24.4 Å². The summed E-state index contributed by atoms with van der Waals surface area (Å²) in [5.41, 5.74) is 8.46. The van der Waals surface area contributed by atoms with Crippen LogP contribution in [0, 0.1) is 11.8 Å². The van der Waals surface area contributed by atoms with Crippen LogP contribution in [0.15, 0.2) is 63.9 Å². The van der Waals surface area contributed by atoms with E-state index in [9.17, 15) is 9.59 Å². The second kappa shape index (κ2) is 13.2. The van der Waals surface area contributed by atoms with Crippen molar-refractivity contribution in [1.29, 1.82) is 0 Å². The summed E-state index contributed by atoms with van der Waals surface area (Å²) in [5, 5.41) is 0. The van der Waals surface area contributed by atoms with Gasteiger partial charge in [-0.3, -0.25) is 9.69 Å². The summed E-state index contributed by atoms with van der Waals surface area (Å²) in [4.78, 5) is 28.6. The molecule has 6 rings (SSSR count). The second-order valence-corrected chi connectivity index (χ2v) is 13.2. The lowest BCUT2D eigenvalue weighted by Crippen LogP contribution is -2.41. The number of carbonyl (C=O) groups is 2. The SMILES string of the molecule is COc1cc(OC)cc(-c2cc(CCCOC(=O)[C@@H](N)c3ccccc3)c(C=C3SC(=S)N(C4CC5CCC4C5)C3=O)o2)c1. The van der Waals surface area contributed by atoms with E-state index < -0.39 is 12.0 Å². The fraction of sp³-hybridized carbons (Fsp3) is 0.382. The number of carbonyl (C=O) groups excluding carboxylic acids is 2. The van der Waals surface area contributed by atoms with E-state index in [1.54, 1.807) is 38.5 Å². The number of thioether (sulfide) groups is 1. The molecule has 44 heavy (non-hydrogen) atoms. The molecular formula is C34H36N2O6S2. The molecule has 1 aromatic heterocycles. The molecule has 2 heterocycles. The highest BCUT2D eigenvalue weighted by Gasteiger charge is 2.48. The fourth-order valence-electron chi connectivity index (χ4n) is 6.59. The Bertz CT molecular complexity index is 1560. The summed E-state index contributed by atoms with van der Waals surface area (Å²) in [7, 11) is 3.20. The lowest BCUT2D eigenvalue weighted by atomic mass is 9.94. The van der Waals surface area contributed by atoms with Gasteiger partial charge in [-0.25, -0.2) is 4.79 Å². The number of esters is 1. The van der Waals surface area contributed by atoms with Crippen molar-refractivity contribution in [2.75, 3.05) is 20.8 Å². The van der Waals surface area contributed by atoms with Crippen molar-refractivity contribution in [2.45, 2.75) is 50.6 Å². The van der Waals surface area contributed by atoms with Gasteiger partial charge in [-0.05, 0) is 73.3 Å². The third kappa shape index (κ3) is 6.29. The maximum atomic E-state index is 13.7. The van der Waals surface area contributed by atoms with Crippen LogP contribution in [0.1, 0.15) is 55.0 Å². The molecule has 3 unspecified atom stereocenters. The number of thiocarbonyl (C=S) groups is 1. The van der Waals surface area contributed by atoms with Crippen molar-refractivity contribution < 1.29 is 28.2 Å². The van der Waals surface area contributed by atoms with E-state index in [-0.39, 0.29) is 18.6 Å². The third-order valence-electron chi connectivity index (χ3n) is 8.84. The van der Waals surface area contributed by atoms with Gasteiger partial charge in [0.1, 0.15) is 33.4 Å². The van der Waals surface area contributed by atoms with Gasteiger partial charge in [-0.2, -0.15) is 0 Å². The van der Waals surface area contributed by atoms with Crippen molar-refractivity contribution >= 4 is 46.3 Å². The van der Waals surface area contributed by atoms with E-state index in [0.29, 0.717) is 62.5 Å². The van der Waals surface area contributed by atoms with Gasteiger partial charge >= 0.3 is 5.97 Å². The Kier molecular flexibility index (Phi) is 9.11. The summed E-state index contributed by atoms with van der Waals surface area (Å²) < 4.78 is 23.4. The van der Waals surface area contributed by atoms with Crippen molar-refractivity contribution in [3.8, 4) is 22.8 Å². The number of furan rings is 1. The highest BCUT2D eigenvalue weighted by atomic mass is 32.2. The Morgan fingerprint density at radius 2 is 1.86 bits per heavy atom. The molecular weight excluding hydrogens is 597 g/mol. The molecule has 2 saturated carbocycles. The summed E-state index contributed by atoms with van der Waals surface area (Å²) in [6.07, 6.45) is 7.55. The number of aryl methyl sites for hydroxylation is 1. The minimum Gasteiger partial charge on any atom is -0.497 e. The standard InChI is InChI=1S/C34H36N2O6S2/c1-39-25-15-24(16-26(18-25)40-2)28-17-23(9-6-12-41-33(38)31(35)21-7-4-3-5-8-21)29(42-28)19-30-32(37)36(34(43)44-30)27-14-20-10-11-22(27)13-20/h3-5,7-8,15-20,22,27,31H,6,9-14,35H2,1-2H3/t20?,22?,27?,31-/m0/s1. The Hall–Kier alpha value is -3.60. The lowest BCUT2D eigenvalue weighted by molar-refractivity contribution is -0.145. The summed E-state index contributed by atoms with van der Waals surface area (Å²) >= 11 is 7.05. The second-order valence-electron chi connectivity index (χ2n) is 11.6. The molecule has 1 amide bonds. The van der Waals surface area contributed by atoms with Crippen LogP contribution in [-0.4, -0.2) is 48.0 Å². The van der Waals surface area contributed by atoms with Gasteiger partial charge in [0, 0.05) is 23.7 Å². The number of rotatable bonds is 11. The number of hydrogen-bond acceptors (Lipinski definition) is 9. The minimum absolute atomic E-state index is 0.0478. The highest BCUT2D eigenvalue weighted by Crippen LogP contribution is 2.49. The van der Waals surface area contributed by atoms with Gasteiger partial charge in [0.05, 0.1) is 25.7 Å². The predicted octanol–water partition coefficient (Wildman–Crippen LogP) is 6.53. The number of amides is 1. The van der Waals surface area contributed by atoms with Crippen LogP contribution < -0.4 is 15.2 Å². The first-order valence-electron chi connectivity index (χ1n) is 14.9. The minimum atomic E-state index is -0.840. The first-order chi connectivity index (χ1) is 21.3. The fourth-order valence-corrected chi connectivity index (χ4v) is 7.93. The van der Waals surface area contributed by atoms with Crippen LogP contribution in [0.2, 0.25) is 0 Å². The van der Waals surface area contributed by atoms with Crippen LogP contribution in [-0.2, 0) is 20.7 Å². The molecule has 2 aromatic carbocycles. The topological polar surface area (TPSA) is 104 Å². The van der Waals surface area contributed by atoms with E-state index in [4.69, 9.17) is 36.6 Å². The van der Waals surface area contributed by atoms with Gasteiger partial charge in [0.2, 0.25) is 0 Å². The lowest BCUT2D eigenvalue weighted by Gasteiger charge is -2.30. The maximum Gasteiger partial charge on any atom is 0.327 e. The van der Waals surface area contributed by atoms with Gasteiger partial charge in [0.15, 0.2) is 0 Å². The van der Waals surface area contributed by atoms with Crippen molar-refractivity contribution in [2.24, 2.45) is 17.6 Å². The number of hydrogen-bond donors (Lipinski definition) is 1. The van der Waals surface area contributed by atoms with Gasteiger partial charge in [0.25, 0.3) is 5.91 Å². The predicted molar refractivity (Wildman–Crippen MR) is 174 cm³/mol. The highest BCUT2D eigenvalue weighted by molar-refractivity contribution is 8.26. The summed E-state index contributed by atoms with van der Waals surface area (Å²) in [5.74, 6) is 3.16. The van der Waals surface area contributed by atoms with Gasteiger partial charge in [-0.1, -0.05) is 60.7 Å². The number of benzene rings is 2. The molecule has 8 nitrogen and oxygen atoms in total. The zero-order valence-corrected chi connectivity index (χ0v) is 26.5. The molecule has 2 aliphatic carbocycles. The first-order valence-corrected chi connectivity index (χ1v) is 16.2. The normalized spacial score (nSPS) is 22.6. The Morgan fingerprint density at radius 3 is 2.52 bits per heavy atom. The van der Waals surface area contributed by atoms with Crippen LogP contribution >= 0.6 is 24.0 Å². The Balaban J connectivity index is 1.22. The van der Waals surface area contributed by atoms with Crippen molar-refractivity contribution in [3.05, 3.63) is 76.4 Å². The third-order valence-corrected chi connectivity index (χ3v) is 10.2. The summed E-state index contributed by atoms with van der Waals surface area (Å²) in [6, 6.07) is 16.0. The Labute approximate surface area is 266 Å². The molecule has 2 N–H and O–H groups in total. The monoisotopic (exact) mass is 632 g/mol. The molecule has 1 saturated heterocycles. The van der Waals surface area contributed by atoms with Crippen LogP contribution in [0.25, 0.3) is 17.4 Å². The molecule has 10 heteroatoms. The number of fused-ring (bicyclic) bond motifs is 2. The van der Waals surface area contributed by atoms with E-state index in [0.717, 1.165) is 17.5 Å². The first kappa shape index (κ1) is 30.4. The van der Waals surface area contributed by atoms with E-state index in [2.05, 4.69) is 0 Å². The molecule has 4 atom stereocenters. The average molecular weight is 633 g/mol. The largest absolute Gasteiger partial charge is 0.497 e. The molecule has 230 valence electrons. The molecule has 2 bridgehead atoms. The van der Waals surface area contributed by atoms with Gasteiger partial charge in [-0.15, -0.1) is 0 Å². The quantitative estimate of drug-likeness (QED) is 0.109. The zero-order valence-electron chi connectivity index (χ0n) is 24.8. The summed E-state index contributed by atoms with van der Waals surface area (Å²) in [6.45, 7) is 0.193. The van der Waals surface area contributed by atoms with Crippen LogP contribution in [0.4, 0.5) is 0 Å². The number of ether oxygens (including phenoxy) is 3. The van der Waals surface area contributed by atoms with Crippen molar-refractivity contribution in [1.82, 2.24) is 4.90 Å². The number of nitrogens with two attached hydrogens (primary N) is 1. The maximum absolute atomic E-state index is 13.7. The molecule has 1 aliphatic heterocycles. The Morgan fingerprint density at radius 1 is 1.11 bits per heavy atom. The average Bonchev–Trinajstić information content (AvgIpc) is 3.83. The van der Waals surface area contributed by atoms with E-state index >= 15 is 0 Å².